The molecule has 2 heterocycles. The van der Waals surface area contributed by atoms with Gasteiger partial charge in [0.2, 0.25) is 6.29 Å². The highest BCUT2D eigenvalue weighted by Crippen LogP contribution is 2.31. The monoisotopic (exact) mass is 338 g/mol. The van der Waals surface area contributed by atoms with E-state index in [-0.39, 0.29) is 12.2 Å². The lowest BCUT2D eigenvalue weighted by Gasteiger charge is -2.38. The minimum absolute atomic E-state index is 0.231. The predicted octanol–water partition coefficient (Wildman–Crippen LogP) is 3.24. The van der Waals surface area contributed by atoms with Crippen LogP contribution < -0.4 is 0 Å². The van der Waals surface area contributed by atoms with Crippen molar-refractivity contribution in [2.75, 3.05) is 6.61 Å². The van der Waals surface area contributed by atoms with Gasteiger partial charge in [0, 0.05) is 5.56 Å². The van der Waals surface area contributed by atoms with Crippen molar-refractivity contribution < 1.29 is 23.7 Å². The molecular weight excluding hydrogens is 320 g/mol. The minimum Gasteiger partial charge on any atom is -0.428 e. The van der Waals surface area contributed by atoms with Crippen LogP contribution in [-0.4, -0.2) is 31.1 Å². The highest BCUT2D eigenvalue weighted by atomic mass is 16.7. The summed E-state index contributed by atoms with van der Waals surface area (Å²) in [5.41, 5.74) is 1.45. The summed E-state index contributed by atoms with van der Waals surface area (Å²) < 4.78 is 22.9. The van der Waals surface area contributed by atoms with Crippen molar-refractivity contribution >= 4 is 5.97 Å². The fraction of sp³-hybridized carbons (Fsp3) is 0.250. The lowest BCUT2D eigenvalue weighted by molar-refractivity contribution is -0.277. The molecule has 0 radical (unpaired) electrons. The molecular formula is C20H18O5. The zero-order chi connectivity index (χ0) is 17.1. The Morgan fingerprint density at radius 2 is 1.64 bits per heavy atom. The summed E-state index contributed by atoms with van der Waals surface area (Å²) in [4.78, 5) is 12.1. The molecule has 4 atom stereocenters. The summed E-state index contributed by atoms with van der Waals surface area (Å²) in [6.07, 6.45) is 1.88. The molecule has 1 fully saturated rings. The summed E-state index contributed by atoms with van der Waals surface area (Å²) in [5, 5.41) is 0. The Morgan fingerprint density at radius 3 is 2.40 bits per heavy atom. The number of carbonyl (C=O) groups is 1. The summed E-state index contributed by atoms with van der Waals surface area (Å²) in [5.74, 6) is -0.423. The first-order valence-corrected chi connectivity index (χ1v) is 8.21. The Morgan fingerprint density at radius 1 is 0.920 bits per heavy atom. The molecule has 0 bridgehead atoms. The van der Waals surface area contributed by atoms with E-state index in [1.165, 1.54) is 0 Å². The van der Waals surface area contributed by atoms with E-state index >= 15 is 0 Å². The average molecular weight is 338 g/mol. The molecule has 5 nitrogen and oxygen atoms in total. The number of esters is 1. The van der Waals surface area contributed by atoms with Crippen molar-refractivity contribution in [2.45, 2.75) is 24.8 Å². The summed E-state index contributed by atoms with van der Waals surface area (Å²) in [7, 11) is 0. The Labute approximate surface area is 145 Å². The molecule has 5 heteroatoms. The van der Waals surface area contributed by atoms with Crippen molar-refractivity contribution in [3.8, 4) is 0 Å². The predicted molar refractivity (Wildman–Crippen MR) is 89.7 cm³/mol. The normalized spacial score (nSPS) is 28.2. The van der Waals surface area contributed by atoms with Gasteiger partial charge in [-0.25, -0.2) is 4.79 Å². The molecule has 0 N–H and O–H groups in total. The second kappa shape index (κ2) is 7.19. The van der Waals surface area contributed by atoms with Gasteiger partial charge in [0.1, 0.15) is 12.2 Å². The van der Waals surface area contributed by atoms with Gasteiger partial charge >= 0.3 is 5.97 Å². The van der Waals surface area contributed by atoms with E-state index in [4.69, 9.17) is 18.9 Å². The molecule has 2 aromatic rings. The van der Waals surface area contributed by atoms with Crippen molar-refractivity contribution in [3.05, 3.63) is 83.9 Å². The number of benzene rings is 2. The standard InChI is InChI=1S/C20H18O5/c21-19(14-7-3-1-4-8-14)25-18-12-11-16-17(23-18)13-22-20(24-16)15-9-5-2-6-10-15/h1-12,16-18,20H,13H2/t16-,17+,18+,20+/m0/s1. The van der Waals surface area contributed by atoms with Crippen LogP contribution in [0.5, 0.6) is 0 Å². The van der Waals surface area contributed by atoms with E-state index in [0.29, 0.717) is 12.2 Å². The molecule has 0 aromatic heterocycles. The molecule has 4 rings (SSSR count). The second-order valence-corrected chi connectivity index (χ2v) is 5.88. The molecule has 0 spiro atoms. The Kier molecular flexibility index (Phi) is 4.61. The van der Waals surface area contributed by atoms with Crippen molar-refractivity contribution in [1.29, 1.82) is 0 Å². The number of ether oxygens (including phenoxy) is 4. The first kappa shape index (κ1) is 16.0. The molecule has 0 saturated carbocycles. The highest BCUT2D eigenvalue weighted by molar-refractivity contribution is 5.89. The highest BCUT2D eigenvalue weighted by Gasteiger charge is 2.36. The van der Waals surface area contributed by atoms with Crippen LogP contribution in [0.25, 0.3) is 0 Å². The van der Waals surface area contributed by atoms with Gasteiger partial charge in [-0.3, -0.25) is 0 Å². The maximum Gasteiger partial charge on any atom is 0.340 e. The zero-order valence-electron chi connectivity index (χ0n) is 13.5. The van der Waals surface area contributed by atoms with Crippen LogP contribution in [-0.2, 0) is 18.9 Å². The zero-order valence-corrected chi connectivity index (χ0v) is 13.5. The molecule has 1 saturated heterocycles. The molecule has 0 aliphatic carbocycles. The lowest BCUT2D eigenvalue weighted by Crippen LogP contribution is -2.46. The molecule has 0 amide bonds. The fourth-order valence-electron chi connectivity index (χ4n) is 2.85. The maximum absolute atomic E-state index is 12.1. The SMILES string of the molecule is O=C(O[C@@H]1C=C[C@@H]2O[C@H](c3ccccc3)OC[C@H]2O1)c1ccccc1. The van der Waals surface area contributed by atoms with Crippen molar-refractivity contribution in [2.24, 2.45) is 0 Å². The Balaban J connectivity index is 1.39. The van der Waals surface area contributed by atoms with E-state index in [9.17, 15) is 4.79 Å². The van der Waals surface area contributed by atoms with E-state index < -0.39 is 18.5 Å². The van der Waals surface area contributed by atoms with Gasteiger partial charge in [-0.2, -0.15) is 0 Å². The number of fused-ring (bicyclic) bond motifs is 1. The van der Waals surface area contributed by atoms with Gasteiger partial charge < -0.3 is 18.9 Å². The molecule has 128 valence electrons. The van der Waals surface area contributed by atoms with Crippen molar-refractivity contribution in [1.82, 2.24) is 0 Å². The number of hydrogen-bond donors (Lipinski definition) is 0. The first-order valence-electron chi connectivity index (χ1n) is 8.21. The van der Waals surface area contributed by atoms with Crippen molar-refractivity contribution in [3.63, 3.8) is 0 Å². The van der Waals surface area contributed by atoms with E-state index in [2.05, 4.69) is 0 Å². The largest absolute Gasteiger partial charge is 0.428 e. The number of carbonyl (C=O) groups excluding carboxylic acids is 1. The second-order valence-electron chi connectivity index (χ2n) is 5.88. The third-order valence-electron chi connectivity index (χ3n) is 4.13. The molecule has 2 aliphatic heterocycles. The number of hydrogen-bond acceptors (Lipinski definition) is 5. The lowest BCUT2D eigenvalue weighted by atomic mass is 10.1. The smallest absolute Gasteiger partial charge is 0.340 e. The fourth-order valence-corrected chi connectivity index (χ4v) is 2.85. The van der Waals surface area contributed by atoms with Crippen LogP contribution in [0.15, 0.2) is 72.8 Å². The summed E-state index contributed by atoms with van der Waals surface area (Å²) >= 11 is 0. The van der Waals surface area contributed by atoms with Crippen LogP contribution in [0, 0.1) is 0 Å². The van der Waals surface area contributed by atoms with Crippen LogP contribution in [0.2, 0.25) is 0 Å². The third-order valence-corrected chi connectivity index (χ3v) is 4.13. The van der Waals surface area contributed by atoms with Crippen LogP contribution in [0.4, 0.5) is 0 Å². The summed E-state index contributed by atoms with van der Waals surface area (Å²) in [6, 6.07) is 18.6. The van der Waals surface area contributed by atoms with Gasteiger partial charge in [0.25, 0.3) is 0 Å². The topological polar surface area (TPSA) is 54.0 Å². The summed E-state index contributed by atoms with van der Waals surface area (Å²) in [6.45, 7) is 0.369. The van der Waals surface area contributed by atoms with Gasteiger partial charge in [-0.1, -0.05) is 54.6 Å². The Bertz CT molecular complexity index is 743. The van der Waals surface area contributed by atoms with Gasteiger partial charge in [0.15, 0.2) is 6.29 Å². The minimum atomic E-state index is -0.741. The molecule has 2 aromatic carbocycles. The van der Waals surface area contributed by atoms with E-state index in [1.807, 2.05) is 42.5 Å². The molecule has 25 heavy (non-hydrogen) atoms. The van der Waals surface area contributed by atoms with Gasteiger partial charge in [-0.05, 0) is 18.2 Å². The van der Waals surface area contributed by atoms with E-state index in [1.54, 1.807) is 30.3 Å². The van der Waals surface area contributed by atoms with Crippen LogP contribution in [0.3, 0.4) is 0 Å². The Hall–Kier alpha value is -2.47. The molecule has 2 aliphatic rings. The van der Waals surface area contributed by atoms with Gasteiger partial charge in [0.05, 0.1) is 12.2 Å². The van der Waals surface area contributed by atoms with Gasteiger partial charge in [-0.15, -0.1) is 0 Å². The van der Waals surface area contributed by atoms with Crippen LogP contribution in [0.1, 0.15) is 22.2 Å². The van der Waals surface area contributed by atoms with Crippen LogP contribution >= 0.6 is 0 Å². The average Bonchev–Trinajstić information content (AvgIpc) is 2.69. The number of rotatable bonds is 3. The van der Waals surface area contributed by atoms with E-state index in [0.717, 1.165) is 5.56 Å². The molecule has 0 unspecified atom stereocenters. The first-order chi connectivity index (χ1) is 12.3. The third kappa shape index (κ3) is 3.64. The maximum atomic E-state index is 12.1. The quantitative estimate of drug-likeness (QED) is 0.635.